The lowest BCUT2D eigenvalue weighted by Crippen LogP contribution is -2.21. The molecule has 0 bridgehead atoms. The van der Waals surface area contributed by atoms with Crippen molar-refractivity contribution in [3.05, 3.63) is 18.2 Å². The number of para-hydroxylation sites is 1. The molecule has 0 spiro atoms. The maximum Gasteiger partial charge on any atom is 0.144 e. The normalized spacial score (nSPS) is 15.2. The number of nitrogens with zero attached hydrogens (tertiary/aromatic N) is 1. The Morgan fingerprint density at radius 2 is 2.06 bits per heavy atom. The van der Waals surface area contributed by atoms with Crippen molar-refractivity contribution in [1.29, 1.82) is 0 Å². The molecule has 1 fully saturated rings. The van der Waals surface area contributed by atoms with Crippen LogP contribution in [0.3, 0.4) is 0 Å². The van der Waals surface area contributed by atoms with Crippen LogP contribution in [-0.4, -0.2) is 19.2 Å². The van der Waals surface area contributed by atoms with Gasteiger partial charge in [0.1, 0.15) is 5.75 Å². The minimum Gasteiger partial charge on any atom is -0.489 e. The predicted octanol–water partition coefficient (Wildman–Crippen LogP) is 2.65. The molecule has 3 nitrogen and oxygen atoms in total. The fourth-order valence-electron chi connectivity index (χ4n) is 1.86. The van der Waals surface area contributed by atoms with Crippen molar-refractivity contribution in [1.82, 2.24) is 0 Å². The number of ether oxygens (including phenoxy) is 1. The summed E-state index contributed by atoms with van der Waals surface area (Å²) < 4.78 is 5.68. The van der Waals surface area contributed by atoms with Gasteiger partial charge in [-0.05, 0) is 38.8 Å². The molecule has 0 unspecified atom stereocenters. The second-order valence-corrected chi connectivity index (χ2v) is 4.70. The Hall–Kier alpha value is -1.38. The van der Waals surface area contributed by atoms with Crippen LogP contribution in [0.15, 0.2) is 18.2 Å². The van der Waals surface area contributed by atoms with Crippen molar-refractivity contribution >= 4 is 11.4 Å². The zero-order chi connectivity index (χ0) is 11.7. The molecule has 1 aromatic rings. The highest BCUT2D eigenvalue weighted by Crippen LogP contribution is 2.37. The maximum absolute atomic E-state index is 6.13. The Morgan fingerprint density at radius 1 is 1.38 bits per heavy atom. The SMILES string of the molecule is CC(C)Oc1cccc(N(C)C2CC2)c1N. The number of anilines is 2. The lowest BCUT2D eigenvalue weighted by Gasteiger charge is -2.22. The third-order valence-corrected chi connectivity index (χ3v) is 2.88. The van der Waals surface area contributed by atoms with Crippen molar-refractivity contribution in [2.45, 2.75) is 38.8 Å². The molecule has 2 rings (SSSR count). The molecule has 88 valence electrons. The van der Waals surface area contributed by atoms with E-state index in [0.717, 1.165) is 17.1 Å². The molecule has 0 aromatic heterocycles. The highest BCUT2D eigenvalue weighted by atomic mass is 16.5. The van der Waals surface area contributed by atoms with E-state index in [-0.39, 0.29) is 6.10 Å². The molecule has 1 saturated carbocycles. The van der Waals surface area contributed by atoms with E-state index in [1.54, 1.807) is 0 Å². The minimum atomic E-state index is 0.156. The third kappa shape index (κ3) is 2.23. The Morgan fingerprint density at radius 3 is 2.62 bits per heavy atom. The van der Waals surface area contributed by atoms with Gasteiger partial charge >= 0.3 is 0 Å². The number of hydrogen-bond acceptors (Lipinski definition) is 3. The smallest absolute Gasteiger partial charge is 0.144 e. The standard InChI is InChI=1S/C13H20N2O/c1-9(2)16-12-6-4-5-11(13(12)14)15(3)10-7-8-10/h4-6,9-10H,7-8,14H2,1-3H3. The van der Waals surface area contributed by atoms with Crippen LogP contribution in [0.2, 0.25) is 0 Å². The van der Waals surface area contributed by atoms with E-state index >= 15 is 0 Å². The number of rotatable bonds is 4. The maximum atomic E-state index is 6.13. The summed E-state index contributed by atoms with van der Waals surface area (Å²) in [7, 11) is 2.10. The highest BCUT2D eigenvalue weighted by molar-refractivity contribution is 5.74. The van der Waals surface area contributed by atoms with E-state index in [9.17, 15) is 0 Å². The van der Waals surface area contributed by atoms with Gasteiger partial charge in [0.25, 0.3) is 0 Å². The molecule has 1 aromatic carbocycles. The summed E-state index contributed by atoms with van der Waals surface area (Å²) in [6, 6.07) is 6.65. The predicted molar refractivity (Wildman–Crippen MR) is 68.0 cm³/mol. The molecule has 1 aliphatic rings. The van der Waals surface area contributed by atoms with Gasteiger partial charge in [-0.15, -0.1) is 0 Å². The molecule has 16 heavy (non-hydrogen) atoms. The monoisotopic (exact) mass is 220 g/mol. The molecule has 0 saturated heterocycles. The number of hydrogen-bond donors (Lipinski definition) is 1. The first-order valence-electron chi connectivity index (χ1n) is 5.87. The van der Waals surface area contributed by atoms with Gasteiger partial charge in [-0.25, -0.2) is 0 Å². The van der Waals surface area contributed by atoms with Gasteiger partial charge in [0.05, 0.1) is 17.5 Å². The van der Waals surface area contributed by atoms with Crippen LogP contribution in [0.5, 0.6) is 5.75 Å². The largest absolute Gasteiger partial charge is 0.489 e. The molecular formula is C13H20N2O. The fourth-order valence-corrected chi connectivity index (χ4v) is 1.86. The summed E-state index contributed by atoms with van der Waals surface area (Å²) in [4.78, 5) is 2.25. The van der Waals surface area contributed by atoms with E-state index in [2.05, 4.69) is 18.0 Å². The van der Waals surface area contributed by atoms with E-state index in [1.165, 1.54) is 12.8 Å². The first-order valence-corrected chi connectivity index (χ1v) is 5.87. The number of nitrogen functional groups attached to an aromatic ring is 1. The molecule has 0 radical (unpaired) electrons. The Labute approximate surface area is 97.2 Å². The average molecular weight is 220 g/mol. The van der Waals surface area contributed by atoms with Crippen molar-refractivity contribution in [2.75, 3.05) is 17.7 Å². The first-order chi connectivity index (χ1) is 7.59. The average Bonchev–Trinajstić information content (AvgIpc) is 3.03. The zero-order valence-corrected chi connectivity index (χ0v) is 10.2. The van der Waals surface area contributed by atoms with Crippen molar-refractivity contribution < 1.29 is 4.74 Å². The molecule has 0 atom stereocenters. The van der Waals surface area contributed by atoms with E-state index in [1.807, 2.05) is 26.0 Å². The molecule has 0 heterocycles. The van der Waals surface area contributed by atoms with Gasteiger partial charge in [0.2, 0.25) is 0 Å². The first kappa shape index (κ1) is 11.1. The summed E-state index contributed by atoms with van der Waals surface area (Å²) in [5.41, 5.74) is 7.97. The molecule has 2 N–H and O–H groups in total. The summed E-state index contributed by atoms with van der Waals surface area (Å²) in [6.07, 6.45) is 2.69. The Kier molecular flexibility index (Phi) is 2.95. The van der Waals surface area contributed by atoms with Crippen LogP contribution >= 0.6 is 0 Å². The number of nitrogens with two attached hydrogens (primary N) is 1. The van der Waals surface area contributed by atoms with Gasteiger partial charge in [-0.3, -0.25) is 0 Å². The second-order valence-electron chi connectivity index (χ2n) is 4.70. The van der Waals surface area contributed by atoms with Crippen molar-refractivity contribution in [3.8, 4) is 5.75 Å². The topological polar surface area (TPSA) is 38.5 Å². The molecule has 3 heteroatoms. The molecule has 0 aliphatic heterocycles. The van der Waals surface area contributed by atoms with Gasteiger partial charge in [-0.1, -0.05) is 6.07 Å². The van der Waals surface area contributed by atoms with Crippen LogP contribution in [0, 0.1) is 0 Å². The Bertz CT molecular complexity index is 372. The third-order valence-electron chi connectivity index (χ3n) is 2.88. The lowest BCUT2D eigenvalue weighted by molar-refractivity contribution is 0.244. The molecule has 1 aliphatic carbocycles. The molecular weight excluding hydrogens is 200 g/mol. The van der Waals surface area contributed by atoms with Gasteiger partial charge in [0, 0.05) is 13.1 Å². The van der Waals surface area contributed by atoms with Gasteiger partial charge in [-0.2, -0.15) is 0 Å². The summed E-state index contributed by atoms with van der Waals surface area (Å²) >= 11 is 0. The summed E-state index contributed by atoms with van der Waals surface area (Å²) in [5.74, 6) is 0.792. The quantitative estimate of drug-likeness (QED) is 0.793. The second kappa shape index (κ2) is 4.24. The molecule has 0 amide bonds. The van der Waals surface area contributed by atoms with Crippen molar-refractivity contribution in [3.63, 3.8) is 0 Å². The Balaban J connectivity index is 2.24. The van der Waals surface area contributed by atoms with E-state index in [0.29, 0.717) is 6.04 Å². The van der Waals surface area contributed by atoms with Gasteiger partial charge < -0.3 is 15.4 Å². The van der Waals surface area contributed by atoms with Crippen LogP contribution < -0.4 is 15.4 Å². The summed E-state index contributed by atoms with van der Waals surface area (Å²) in [5, 5.41) is 0. The van der Waals surface area contributed by atoms with E-state index < -0.39 is 0 Å². The summed E-state index contributed by atoms with van der Waals surface area (Å²) in [6.45, 7) is 4.02. The zero-order valence-electron chi connectivity index (χ0n) is 10.2. The lowest BCUT2D eigenvalue weighted by atomic mass is 10.2. The fraction of sp³-hybridized carbons (Fsp3) is 0.538. The van der Waals surface area contributed by atoms with Crippen molar-refractivity contribution in [2.24, 2.45) is 0 Å². The van der Waals surface area contributed by atoms with Crippen LogP contribution in [0.25, 0.3) is 0 Å². The van der Waals surface area contributed by atoms with Gasteiger partial charge in [0.15, 0.2) is 0 Å². The van der Waals surface area contributed by atoms with Crippen LogP contribution in [-0.2, 0) is 0 Å². The van der Waals surface area contributed by atoms with Crippen LogP contribution in [0.4, 0.5) is 11.4 Å². The highest BCUT2D eigenvalue weighted by Gasteiger charge is 2.27. The van der Waals surface area contributed by atoms with Crippen LogP contribution in [0.1, 0.15) is 26.7 Å². The van der Waals surface area contributed by atoms with E-state index in [4.69, 9.17) is 10.5 Å². The minimum absolute atomic E-state index is 0.156. The number of benzene rings is 1.